The maximum absolute atomic E-state index is 11.4. The molecule has 2 rings (SSSR count). The second kappa shape index (κ2) is 7.13. The molecular weight excluding hydrogens is 285 g/mol. The van der Waals surface area contributed by atoms with Crippen molar-refractivity contribution in [3.05, 3.63) is 29.3 Å². The molecule has 1 aromatic carbocycles. The van der Waals surface area contributed by atoms with Crippen LogP contribution in [0.3, 0.4) is 0 Å². The van der Waals surface area contributed by atoms with E-state index in [4.69, 9.17) is 27.9 Å². The number of hydrogen-bond acceptors (Lipinski definition) is 3. The molecule has 1 aliphatic rings. The van der Waals surface area contributed by atoms with Gasteiger partial charge in [-0.25, -0.2) is 0 Å². The number of carbonyl (C=O) groups excluding carboxylic acids is 1. The van der Waals surface area contributed by atoms with Crippen LogP contribution in [0.15, 0.2) is 18.2 Å². The average Bonchev–Trinajstić information content (AvgIpc) is 2.39. The molecule has 0 atom stereocenters. The average molecular weight is 302 g/mol. The molecule has 0 N–H and O–H groups in total. The van der Waals surface area contributed by atoms with Gasteiger partial charge in [-0.15, -0.1) is 23.2 Å². The topological polar surface area (TPSA) is 29.5 Å². The van der Waals surface area contributed by atoms with Crippen molar-refractivity contribution in [1.82, 2.24) is 4.90 Å². The Morgan fingerprint density at radius 1 is 1.21 bits per heavy atom. The van der Waals surface area contributed by atoms with Crippen molar-refractivity contribution in [3.8, 4) is 5.75 Å². The molecule has 0 unspecified atom stereocenters. The van der Waals surface area contributed by atoms with Gasteiger partial charge in [-0.05, 0) is 11.6 Å². The molecule has 0 saturated heterocycles. The Hall–Kier alpha value is -0.770. The number of alkyl halides is 2. The van der Waals surface area contributed by atoms with Gasteiger partial charge in [0.1, 0.15) is 12.4 Å². The molecule has 5 heteroatoms. The van der Waals surface area contributed by atoms with Crippen molar-refractivity contribution in [2.45, 2.75) is 13.0 Å². The Bertz CT molecular complexity index is 445. The van der Waals surface area contributed by atoms with Crippen LogP contribution in [0.5, 0.6) is 5.75 Å². The summed E-state index contributed by atoms with van der Waals surface area (Å²) in [5, 5.41) is 0. The fraction of sp³-hybridized carbons (Fsp3) is 0.500. The number of benzene rings is 1. The van der Waals surface area contributed by atoms with Crippen LogP contribution in [0.25, 0.3) is 0 Å². The number of Topliss-reactive ketones (excluding diaryl/α,β-unsaturated/α-hetero) is 1. The van der Waals surface area contributed by atoms with Gasteiger partial charge in [-0.2, -0.15) is 0 Å². The van der Waals surface area contributed by atoms with Crippen LogP contribution < -0.4 is 4.74 Å². The number of fused-ring (bicyclic) bond motifs is 1. The van der Waals surface area contributed by atoms with E-state index in [1.807, 2.05) is 18.2 Å². The summed E-state index contributed by atoms with van der Waals surface area (Å²) in [7, 11) is 0. The summed E-state index contributed by atoms with van der Waals surface area (Å²) < 4.78 is 5.39. The van der Waals surface area contributed by atoms with Gasteiger partial charge in [-0.1, -0.05) is 12.1 Å². The molecule has 0 radical (unpaired) electrons. The third-order valence-corrected chi connectivity index (χ3v) is 3.45. The van der Waals surface area contributed by atoms with E-state index in [1.165, 1.54) is 0 Å². The number of ether oxygens (including phenoxy) is 1. The molecule has 1 aromatic rings. The van der Waals surface area contributed by atoms with Crippen LogP contribution in [0.1, 0.15) is 11.1 Å². The van der Waals surface area contributed by atoms with Crippen LogP contribution in [0.4, 0.5) is 0 Å². The fourth-order valence-electron chi connectivity index (χ4n) is 2.20. The van der Waals surface area contributed by atoms with Crippen LogP contribution in [-0.4, -0.2) is 42.1 Å². The maximum atomic E-state index is 11.4. The van der Waals surface area contributed by atoms with Gasteiger partial charge >= 0.3 is 0 Å². The van der Waals surface area contributed by atoms with E-state index in [1.54, 1.807) is 0 Å². The molecular formula is C14H17Cl2NO2. The first-order valence-corrected chi connectivity index (χ1v) is 7.40. The lowest BCUT2D eigenvalue weighted by molar-refractivity contribution is -0.121. The lowest BCUT2D eigenvalue weighted by Crippen LogP contribution is -2.27. The second-order valence-corrected chi connectivity index (χ2v) is 5.36. The minimum atomic E-state index is 0.128. The van der Waals surface area contributed by atoms with Gasteiger partial charge in [0.2, 0.25) is 0 Å². The molecule has 0 saturated carbocycles. The van der Waals surface area contributed by atoms with E-state index in [0.717, 1.165) is 36.5 Å². The van der Waals surface area contributed by atoms with E-state index in [0.29, 0.717) is 18.2 Å². The molecule has 0 aliphatic carbocycles. The Kier molecular flexibility index (Phi) is 5.49. The monoisotopic (exact) mass is 301 g/mol. The zero-order valence-corrected chi connectivity index (χ0v) is 12.2. The van der Waals surface area contributed by atoms with Gasteiger partial charge in [0.25, 0.3) is 0 Å². The smallest absolute Gasteiger partial charge is 0.174 e. The third kappa shape index (κ3) is 4.10. The summed E-state index contributed by atoms with van der Waals surface area (Å²) >= 11 is 11.6. The van der Waals surface area contributed by atoms with Crippen molar-refractivity contribution < 1.29 is 9.53 Å². The maximum Gasteiger partial charge on any atom is 0.174 e. The quantitative estimate of drug-likeness (QED) is 0.756. The Labute approximate surface area is 123 Å². The van der Waals surface area contributed by atoms with Crippen molar-refractivity contribution >= 4 is 29.0 Å². The molecule has 0 aromatic heterocycles. The number of ketones is 1. The fourth-order valence-corrected chi connectivity index (χ4v) is 2.68. The molecule has 0 amide bonds. The van der Waals surface area contributed by atoms with Crippen LogP contribution >= 0.6 is 23.2 Å². The van der Waals surface area contributed by atoms with E-state index in [-0.39, 0.29) is 12.4 Å². The van der Waals surface area contributed by atoms with Crippen LogP contribution in [-0.2, 0) is 17.8 Å². The summed E-state index contributed by atoms with van der Waals surface area (Å²) in [6, 6.07) is 6.02. The molecule has 104 valence electrons. The normalized spacial score (nSPS) is 14.4. The van der Waals surface area contributed by atoms with E-state index >= 15 is 0 Å². The van der Waals surface area contributed by atoms with Gasteiger partial charge < -0.3 is 4.74 Å². The predicted molar refractivity (Wildman–Crippen MR) is 77.4 cm³/mol. The number of hydrogen-bond donors (Lipinski definition) is 0. The zero-order chi connectivity index (χ0) is 13.7. The summed E-state index contributed by atoms with van der Waals surface area (Å²) in [5.74, 6) is 2.12. The summed E-state index contributed by atoms with van der Waals surface area (Å²) in [5.41, 5.74) is 2.14. The molecule has 0 spiro atoms. The molecule has 1 heterocycles. The standard InChI is InChI=1S/C14H17Cl2NO2/c15-3-5-17(6-4-16)9-11-1-2-14-12(7-11)8-13(18)10-19-14/h1-2,7H,3-6,8-10H2. The second-order valence-electron chi connectivity index (χ2n) is 4.60. The van der Waals surface area contributed by atoms with Crippen molar-refractivity contribution in [2.24, 2.45) is 0 Å². The van der Waals surface area contributed by atoms with Crippen molar-refractivity contribution in [2.75, 3.05) is 31.5 Å². The SMILES string of the molecule is O=C1COc2ccc(CN(CCCl)CCCl)cc2C1. The minimum Gasteiger partial charge on any atom is -0.486 e. The van der Waals surface area contributed by atoms with Crippen LogP contribution in [0, 0.1) is 0 Å². The first-order valence-electron chi connectivity index (χ1n) is 6.33. The summed E-state index contributed by atoms with van der Waals surface area (Å²) in [4.78, 5) is 13.6. The van der Waals surface area contributed by atoms with Crippen LogP contribution in [0.2, 0.25) is 0 Å². The summed E-state index contributed by atoms with van der Waals surface area (Å²) in [6.45, 7) is 2.60. The Morgan fingerprint density at radius 3 is 2.63 bits per heavy atom. The zero-order valence-electron chi connectivity index (χ0n) is 10.7. The van der Waals surface area contributed by atoms with Gasteiger partial charge in [0, 0.05) is 43.4 Å². The highest BCUT2D eigenvalue weighted by atomic mass is 35.5. The number of carbonyl (C=O) groups is 1. The van der Waals surface area contributed by atoms with Gasteiger partial charge in [-0.3, -0.25) is 9.69 Å². The molecule has 3 nitrogen and oxygen atoms in total. The number of halogens is 2. The van der Waals surface area contributed by atoms with Gasteiger partial charge in [0.05, 0.1) is 0 Å². The first kappa shape index (κ1) is 14.6. The molecule has 0 fully saturated rings. The highest BCUT2D eigenvalue weighted by Gasteiger charge is 2.17. The highest BCUT2D eigenvalue weighted by Crippen LogP contribution is 2.25. The molecule has 0 bridgehead atoms. The van der Waals surface area contributed by atoms with E-state index < -0.39 is 0 Å². The predicted octanol–water partition coefficient (Wildman–Crippen LogP) is 2.47. The first-order chi connectivity index (χ1) is 9.22. The number of rotatable bonds is 6. The minimum absolute atomic E-state index is 0.128. The van der Waals surface area contributed by atoms with E-state index in [2.05, 4.69) is 4.90 Å². The molecule has 1 aliphatic heterocycles. The third-order valence-electron chi connectivity index (χ3n) is 3.11. The Balaban J connectivity index is 2.08. The van der Waals surface area contributed by atoms with Gasteiger partial charge in [0.15, 0.2) is 5.78 Å². The lowest BCUT2D eigenvalue weighted by atomic mass is 10.0. The van der Waals surface area contributed by atoms with E-state index in [9.17, 15) is 4.79 Å². The van der Waals surface area contributed by atoms with Crippen molar-refractivity contribution in [1.29, 1.82) is 0 Å². The highest BCUT2D eigenvalue weighted by molar-refractivity contribution is 6.18. The molecule has 19 heavy (non-hydrogen) atoms. The lowest BCUT2D eigenvalue weighted by Gasteiger charge is -2.22. The summed E-state index contributed by atoms with van der Waals surface area (Å²) in [6.07, 6.45) is 0.466. The van der Waals surface area contributed by atoms with Crippen molar-refractivity contribution in [3.63, 3.8) is 0 Å². The largest absolute Gasteiger partial charge is 0.486 e. The number of nitrogens with zero attached hydrogens (tertiary/aromatic N) is 1. The Morgan fingerprint density at radius 2 is 1.95 bits per heavy atom.